The third-order valence-corrected chi connectivity index (χ3v) is 2.69. The highest BCUT2D eigenvalue weighted by Crippen LogP contribution is 2.23. The third kappa shape index (κ3) is 0.892. The number of rotatable bonds is 0. The molecule has 58 valence electrons. The highest BCUT2D eigenvalue weighted by molar-refractivity contribution is 7.13. The van der Waals surface area contributed by atoms with Crippen molar-refractivity contribution in [1.29, 1.82) is 5.26 Å². The van der Waals surface area contributed by atoms with Crippen molar-refractivity contribution >= 4 is 21.6 Å². The zero-order chi connectivity index (χ0) is 8.55. The summed E-state index contributed by atoms with van der Waals surface area (Å²) in [6.07, 6.45) is 1.82. The molecular weight excluding hydrogens is 168 g/mol. The second kappa shape index (κ2) is 2.58. The average molecular weight is 174 g/mol. The van der Waals surface area contributed by atoms with Crippen LogP contribution in [0, 0.1) is 18.3 Å². The van der Waals surface area contributed by atoms with Gasteiger partial charge in [-0.15, -0.1) is 0 Å². The van der Waals surface area contributed by atoms with Gasteiger partial charge in [-0.3, -0.25) is 0 Å². The monoisotopic (exact) mass is 174 g/mol. The molecular formula is C9H6N2S. The van der Waals surface area contributed by atoms with Crippen LogP contribution in [0.25, 0.3) is 10.1 Å². The zero-order valence-corrected chi connectivity index (χ0v) is 7.35. The molecule has 0 unspecified atom stereocenters. The summed E-state index contributed by atoms with van der Waals surface area (Å²) in [6.45, 7) is 1.95. The molecule has 0 aliphatic rings. The van der Waals surface area contributed by atoms with Crippen LogP contribution in [0.2, 0.25) is 0 Å². The van der Waals surface area contributed by atoms with Gasteiger partial charge in [-0.1, -0.05) is 0 Å². The quantitative estimate of drug-likeness (QED) is 0.615. The third-order valence-electron chi connectivity index (χ3n) is 1.93. The Morgan fingerprint density at radius 2 is 2.33 bits per heavy atom. The lowest BCUT2D eigenvalue weighted by Crippen LogP contribution is -1.80. The van der Waals surface area contributed by atoms with Gasteiger partial charge in [-0.25, -0.2) is 0 Å². The number of aromatic nitrogens is 1. The van der Waals surface area contributed by atoms with Gasteiger partial charge in [0.1, 0.15) is 0 Å². The highest BCUT2D eigenvalue weighted by atomic mass is 32.1. The van der Waals surface area contributed by atoms with Crippen molar-refractivity contribution < 1.29 is 0 Å². The Bertz CT molecular complexity index is 465. The van der Waals surface area contributed by atoms with Crippen LogP contribution in [0.3, 0.4) is 0 Å². The van der Waals surface area contributed by atoms with E-state index < -0.39 is 0 Å². The molecule has 1 heterocycles. The number of hydrogen-bond donors (Lipinski definition) is 0. The number of aryl methyl sites for hydroxylation is 1. The van der Waals surface area contributed by atoms with Crippen molar-refractivity contribution in [3.05, 3.63) is 29.5 Å². The molecule has 1 aromatic heterocycles. The van der Waals surface area contributed by atoms with E-state index in [1.165, 1.54) is 11.5 Å². The fourth-order valence-electron chi connectivity index (χ4n) is 1.20. The first kappa shape index (κ1) is 7.26. The molecule has 0 saturated carbocycles. The first-order chi connectivity index (χ1) is 5.83. The molecule has 3 heteroatoms. The minimum atomic E-state index is 0.739. The summed E-state index contributed by atoms with van der Waals surface area (Å²) in [5, 5.41) is 9.84. The summed E-state index contributed by atoms with van der Waals surface area (Å²) in [5.41, 5.74) is 1.77. The number of benzene rings is 1. The Hall–Kier alpha value is -1.40. The predicted molar refractivity (Wildman–Crippen MR) is 49.1 cm³/mol. The minimum absolute atomic E-state index is 0.739. The molecule has 0 amide bonds. The van der Waals surface area contributed by atoms with Crippen molar-refractivity contribution in [2.24, 2.45) is 0 Å². The van der Waals surface area contributed by atoms with Crippen LogP contribution in [0.15, 0.2) is 18.3 Å². The topological polar surface area (TPSA) is 36.7 Å². The lowest BCUT2D eigenvalue weighted by Gasteiger charge is -1.96. The normalized spacial score (nSPS) is 10.0. The van der Waals surface area contributed by atoms with Gasteiger partial charge >= 0.3 is 0 Å². The summed E-state index contributed by atoms with van der Waals surface area (Å²) < 4.78 is 5.21. The fourth-order valence-corrected chi connectivity index (χ4v) is 1.91. The standard InChI is InChI=1S/C9H6N2S/c1-6-7(4-10)2-3-9-8(6)5-11-12-9/h2-3,5H,1H3. The number of nitrogens with zero attached hydrogens (tertiary/aromatic N) is 2. The number of fused-ring (bicyclic) bond motifs is 1. The molecule has 2 rings (SSSR count). The van der Waals surface area contributed by atoms with Crippen LogP contribution in [0.1, 0.15) is 11.1 Å². The molecule has 0 fully saturated rings. The maximum Gasteiger partial charge on any atom is 0.0994 e. The van der Waals surface area contributed by atoms with E-state index in [1.54, 1.807) is 0 Å². The summed E-state index contributed by atoms with van der Waals surface area (Å²) in [5.74, 6) is 0. The molecule has 12 heavy (non-hydrogen) atoms. The molecule has 0 radical (unpaired) electrons. The van der Waals surface area contributed by atoms with Gasteiger partial charge in [-0.05, 0) is 36.2 Å². The van der Waals surface area contributed by atoms with Crippen molar-refractivity contribution in [2.45, 2.75) is 6.92 Å². The lowest BCUT2D eigenvalue weighted by atomic mass is 10.1. The van der Waals surface area contributed by atoms with Crippen LogP contribution < -0.4 is 0 Å². The van der Waals surface area contributed by atoms with Gasteiger partial charge in [0.25, 0.3) is 0 Å². The summed E-state index contributed by atoms with van der Waals surface area (Å²) in [7, 11) is 0. The van der Waals surface area contributed by atoms with Gasteiger partial charge < -0.3 is 0 Å². The summed E-state index contributed by atoms with van der Waals surface area (Å²) in [6, 6.07) is 5.94. The second-order valence-corrected chi connectivity index (χ2v) is 3.42. The van der Waals surface area contributed by atoms with Gasteiger partial charge in [0.05, 0.1) is 16.3 Å². The average Bonchev–Trinajstić information content (AvgIpc) is 2.53. The van der Waals surface area contributed by atoms with Crippen LogP contribution in [-0.2, 0) is 0 Å². The molecule has 1 aromatic carbocycles. The molecule has 0 spiro atoms. The van der Waals surface area contributed by atoms with E-state index in [9.17, 15) is 0 Å². The molecule has 0 atom stereocenters. The summed E-state index contributed by atoms with van der Waals surface area (Å²) in [4.78, 5) is 0. The highest BCUT2D eigenvalue weighted by Gasteiger charge is 2.03. The van der Waals surface area contributed by atoms with Crippen molar-refractivity contribution in [1.82, 2.24) is 4.37 Å². The van der Waals surface area contributed by atoms with E-state index in [-0.39, 0.29) is 0 Å². The first-order valence-corrected chi connectivity index (χ1v) is 4.34. The zero-order valence-electron chi connectivity index (χ0n) is 6.53. The van der Waals surface area contributed by atoms with Crippen LogP contribution in [0.4, 0.5) is 0 Å². The second-order valence-electron chi connectivity index (χ2n) is 2.59. The molecule has 2 nitrogen and oxygen atoms in total. The van der Waals surface area contributed by atoms with Crippen LogP contribution in [-0.4, -0.2) is 4.37 Å². The van der Waals surface area contributed by atoms with Crippen molar-refractivity contribution in [3.8, 4) is 6.07 Å². The predicted octanol–water partition coefficient (Wildman–Crippen LogP) is 2.48. The SMILES string of the molecule is Cc1c(C#N)ccc2sncc12. The van der Waals surface area contributed by atoms with Gasteiger partial charge in [0, 0.05) is 11.6 Å². The fraction of sp³-hybridized carbons (Fsp3) is 0.111. The van der Waals surface area contributed by atoms with Crippen molar-refractivity contribution in [2.75, 3.05) is 0 Å². The Labute approximate surface area is 74.2 Å². The maximum absolute atomic E-state index is 8.75. The Kier molecular flexibility index (Phi) is 1.56. The molecule has 0 aliphatic carbocycles. The lowest BCUT2D eigenvalue weighted by molar-refractivity contribution is 1.43. The van der Waals surface area contributed by atoms with E-state index >= 15 is 0 Å². The molecule has 0 saturated heterocycles. The first-order valence-electron chi connectivity index (χ1n) is 3.57. The van der Waals surface area contributed by atoms with E-state index in [0.717, 1.165) is 21.2 Å². The van der Waals surface area contributed by atoms with Crippen LogP contribution in [0.5, 0.6) is 0 Å². The molecule has 2 aromatic rings. The van der Waals surface area contributed by atoms with Gasteiger partial charge in [-0.2, -0.15) is 9.64 Å². The Balaban J connectivity index is 2.89. The number of hydrogen-bond acceptors (Lipinski definition) is 3. The minimum Gasteiger partial charge on any atom is -0.200 e. The van der Waals surface area contributed by atoms with Gasteiger partial charge in [0.2, 0.25) is 0 Å². The Morgan fingerprint density at radius 3 is 3.08 bits per heavy atom. The molecule has 0 aliphatic heterocycles. The van der Waals surface area contributed by atoms with Crippen molar-refractivity contribution in [3.63, 3.8) is 0 Å². The smallest absolute Gasteiger partial charge is 0.0994 e. The van der Waals surface area contributed by atoms with E-state index in [1.807, 2.05) is 25.3 Å². The molecule has 0 bridgehead atoms. The number of nitriles is 1. The van der Waals surface area contributed by atoms with Crippen LogP contribution >= 0.6 is 11.5 Å². The van der Waals surface area contributed by atoms with E-state index in [0.29, 0.717) is 0 Å². The van der Waals surface area contributed by atoms with Gasteiger partial charge in [0.15, 0.2) is 0 Å². The maximum atomic E-state index is 8.75. The molecule has 0 N–H and O–H groups in total. The van der Waals surface area contributed by atoms with E-state index in [4.69, 9.17) is 5.26 Å². The largest absolute Gasteiger partial charge is 0.200 e. The Morgan fingerprint density at radius 1 is 1.50 bits per heavy atom. The summed E-state index contributed by atoms with van der Waals surface area (Å²) >= 11 is 1.46. The van der Waals surface area contributed by atoms with E-state index in [2.05, 4.69) is 10.4 Å².